The first kappa shape index (κ1) is 23.3. The van der Waals surface area contributed by atoms with Gasteiger partial charge in [0.25, 0.3) is 15.9 Å². The van der Waals surface area contributed by atoms with Gasteiger partial charge < -0.3 is 5.32 Å². The summed E-state index contributed by atoms with van der Waals surface area (Å²) >= 11 is 0. The summed E-state index contributed by atoms with van der Waals surface area (Å²) in [5.41, 5.74) is 2.39. The van der Waals surface area contributed by atoms with Gasteiger partial charge in [-0.1, -0.05) is 23.8 Å². The van der Waals surface area contributed by atoms with Gasteiger partial charge in [-0.05, 0) is 68.4 Å². The molecule has 0 bridgehead atoms. The lowest BCUT2D eigenvalue weighted by atomic mass is 10.2. The largest absolute Gasteiger partial charge is 0.322 e. The molecule has 1 amide bonds. The third-order valence-electron chi connectivity index (χ3n) is 4.51. The Hall–Kier alpha value is -3.37. The van der Waals surface area contributed by atoms with E-state index in [1.54, 1.807) is 36.4 Å². The first-order chi connectivity index (χ1) is 15.1. The van der Waals surface area contributed by atoms with E-state index >= 15 is 0 Å². The third kappa shape index (κ3) is 6.08. The number of aryl methyl sites for hydroxylation is 1. The van der Waals surface area contributed by atoms with E-state index in [9.17, 15) is 21.6 Å². The van der Waals surface area contributed by atoms with Gasteiger partial charge in [-0.25, -0.2) is 16.8 Å². The van der Waals surface area contributed by atoms with E-state index < -0.39 is 26.0 Å². The molecule has 0 radical (unpaired) electrons. The van der Waals surface area contributed by atoms with Crippen molar-refractivity contribution in [3.05, 3.63) is 83.9 Å². The van der Waals surface area contributed by atoms with Crippen LogP contribution in [0.25, 0.3) is 0 Å². The molecule has 0 saturated carbocycles. The van der Waals surface area contributed by atoms with Crippen LogP contribution in [0, 0.1) is 6.92 Å². The predicted molar refractivity (Wildman–Crippen MR) is 126 cm³/mol. The second-order valence-corrected chi connectivity index (χ2v) is 10.7. The molecule has 3 aromatic carbocycles. The second kappa shape index (κ2) is 9.41. The summed E-state index contributed by atoms with van der Waals surface area (Å²) in [6.45, 7) is 3.43. The molecule has 32 heavy (non-hydrogen) atoms. The number of rotatable bonds is 8. The van der Waals surface area contributed by atoms with Crippen LogP contribution in [0.4, 0.5) is 17.1 Å². The first-order valence-corrected chi connectivity index (χ1v) is 12.8. The number of nitrogens with one attached hydrogen (secondary N) is 3. The number of anilines is 3. The zero-order valence-corrected chi connectivity index (χ0v) is 19.1. The number of amides is 1. The molecule has 0 atom stereocenters. The van der Waals surface area contributed by atoms with Gasteiger partial charge in [-0.2, -0.15) is 0 Å². The van der Waals surface area contributed by atoms with Crippen LogP contribution in [0.1, 0.15) is 22.8 Å². The van der Waals surface area contributed by atoms with Crippen molar-refractivity contribution in [2.24, 2.45) is 0 Å². The average Bonchev–Trinajstić information content (AvgIpc) is 2.76. The lowest BCUT2D eigenvalue weighted by Gasteiger charge is -2.11. The van der Waals surface area contributed by atoms with E-state index in [2.05, 4.69) is 14.8 Å². The van der Waals surface area contributed by atoms with Crippen LogP contribution in [0.5, 0.6) is 0 Å². The van der Waals surface area contributed by atoms with Crippen LogP contribution in [-0.2, 0) is 20.0 Å². The summed E-state index contributed by atoms with van der Waals surface area (Å²) in [7, 11) is -7.27. The van der Waals surface area contributed by atoms with E-state index in [1.165, 1.54) is 43.3 Å². The molecule has 0 aliphatic carbocycles. The van der Waals surface area contributed by atoms with Crippen molar-refractivity contribution in [3.8, 4) is 0 Å². The number of hydrogen-bond acceptors (Lipinski definition) is 5. The Kier molecular flexibility index (Phi) is 6.85. The Balaban J connectivity index is 1.73. The molecule has 8 nitrogen and oxygen atoms in total. The molecular formula is C22H23N3O5S2. The van der Waals surface area contributed by atoms with E-state index in [-0.39, 0.29) is 16.2 Å². The highest BCUT2D eigenvalue weighted by molar-refractivity contribution is 7.93. The highest BCUT2D eigenvalue weighted by Crippen LogP contribution is 2.19. The molecule has 0 aromatic heterocycles. The smallest absolute Gasteiger partial charge is 0.261 e. The van der Waals surface area contributed by atoms with Crippen molar-refractivity contribution in [1.29, 1.82) is 0 Å². The maximum Gasteiger partial charge on any atom is 0.261 e. The second-order valence-electron chi connectivity index (χ2n) is 7.04. The first-order valence-electron chi connectivity index (χ1n) is 9.69. The van der Waals surface area contributed by atoms with Crippen molar-refractivity contribution >= 4 is 43.0 Å². The molecule has 3 N–H and O–H groups in total. The summed E-state index contributed by atoms with van der Waals surface area (Å²) in [6.07, 6.45) is 0. The molecule has 3 aromatic rings. The maximum atomic E-state index is 12.7. The lowest BCUT2D eigenvalue weighted by Crippen LogP contribution is -2.16. The number of sulfonamides is 2. The van der Waals surface area contributed by atoms with Gasteiger partial charge in [-0.15, -0.1) is 0 Å². The molecule has 0 aliphatic heterocycles. The molecule has 3 rings (SSSR count). The fourth-order valence-corrected chi connectivity index (χ4v) is 4.46. The van der Waals surface area contributed by atoms with Crippen molar-refractivity contribution in [2.75, 3.05) is 20.5 Å². The van der Waals surface area contributed by atoms with E-state index in [1.807, 2.05) is 6.92 Å². The van der Waals surface area contributed by atoms with Gasteiger partial charge in [0.05, 0.1) is 10.6 Å². The van der Waals surface area contributed by atoms with Crippen LogP contribution >= 0.6 is 0 Å². The number of carbonyl (C=O) groups is 1. The molecule has 0 fully saturated rings. The van der Waals surface area contributed by atoms with Gasteiger partial charge in [0.2, 0.25) is 10.0 Å². The van der Waals surface area contributed by atoms with Gasteiger partial charge in [0.15, 0.2) is 0 Å². The Bertz CT molecular complexity index is 1320. The quantitative estimate of drug-likeness (QED) is 0.459. The molecule has 0 aliphatic rings. The maximum absolute atomic E-state index is 12.7. The Morgan fingerprint density at radius 3 is 1.97 bits per heavy atom. The van der Waals surface area contributed by atoms with Crippen LogP contribution in [0.2, 0.25) is 0 Å². The molecular weight excluding hydrogens is 450 g/mol. The number of benzene rings is 3. The fourth-order valence-electron chi connectivity index (χ4n) is 2.72. The van der Waals surface area contributed by atoms with Crippen LogP contribution in [0.3, 0.4) is 0 Å². The molecule has 0 spiro atoms. The zero-order valence-electron chi connectivity index (χ0n) is 17.5. The SMILES string of the molecule is CCS(=O)(=O)Nc1ccc(NC(=O)c2cccc(S(=O)(=O)Nc3ccc(C)cc3)c2)cc1. The minimum absolute atomic E-state index is 0.0463. The van der Waals surface area contributed by atoms with Crippen molar-refractivity contribution in [2.45, 2.75) is 18.7 Å². The summed E-state index contributed by atoms with van der Waals surface area (Å²) < 4.78 is 53.5. The highest BCUT2D eigenvalue weighted by Gasteiger charge is 2.17. The van der Waals surface area contributed by atoms with E-state index in [0.717, 1.165) is 5.56 Å². The molecule has 0 unspecified atom stereocenters. The Labute approximate surface area is 187 Å². The third-order valence-corrected chi connectivity index (χ3v) is 7.19. The average molecular weight is 474 g/mol. The van der Waals surface area contributed by atoms with Crippen molar-refractivity contribution in [1.82, 2.24) is 0 Å². The topological polar surface area (TPSA) is 121 Å². The number of carbonyl (C=O) groups excluding carboxylic acids is 1. The number of hydrogen-bond donors (Lipinski definition) is 3. The molecule has 0 heterocycles. The minimum Gasteiger partial charge on any atom is -0.322 e. The van der Waals surface area contributed by atoms with Crippen molar-refractivity contribution < 1.29 is 21.6 Å². The van der Waals surface area contributed by atoms with Crippen LogP contribution in [0.15, 0.2) is 77.7 Å². The van der Waals surface area contributed by atoms with Crippen molar-refractivity contribution in [3.63, 3.8) is 0 Å². The van der Waals surface area contributed by atoms with Gasteiger partial charge >= 0.3 is 0 Å². The highest BCUT2D eigenvalue weighted by atomic mass is 32.2. The van der Waals surface area contributed by atoms with Crippen LogP contribution in [-0.4, -0.2) is 28.5 Å². The Morgan fingerprint density at radius 1 is 0.781 bits per heavy atom. The van der Waals surface area contributed by atoms with Gasteiger partial charge in [0, 0.05) is 22.6 Å². The normalized spacial score (nSPS) is 11.6. The summed E-state index contributed by atoms with van der Waals surface area (Å²) in [5.74, 6) is -0.553. The van der Waals surface area contributed by atoms with E-state index in [0.29, 0.717) is 17.1 Å². The lowest BCUT2D eigenvalue weighted by molar-refractivity contribution is 0.102. The molecule has 168 valence electrons. The van der Waals surface area contributed by atoms with Gasteiger partial charge in [-0.3, -0.25) is 14.2 Å². The van der Waals surface area contributed by atoms with Gasteiger partial charge in [0.1, 0.15) is 0 Å². The Morgan fingerprint density at radius 2 is 1.34 bits per heavy atom. The summed E-state index contributed by atoms with van der Waals surface area (Å²) in [6, 6.07) is 18.7. The van der Waals surface area contributed by atoms with Crippen LogP contribution < -0.4 is 14.8 Å². The molecule has 10 heteroatoms. The predicted octanol–water partition coefficient (Wildman–Crippen LogP) is 3.81. The van der Waals surface area contributed by atoms with E-state index in [4.69, 9.17) is 0 Å². The standard InChI is InChI=1S/C22H23N3O5S2/c1-3-31(27,28)24-19-13-11-18(12-14-19)23-22(26)17-5-4-6-21(15-17)32(29,30)25-20-9-7-16(2)8-10-20/h4-15,24-25H,3H2,1-2H3,(H,23,26). The summed E-state index contributed by atoms with van der Waals surface area (Å²) in [4.78, 5) is 12.6. The fraction of sp³-hybridized carbons (Fsp3) is 0.136. The zero-order chi connectivity index (χ0) is 23.4. The molecule has 0 saturated heterocycles. The monoisotopic (exact) mass is 473 g/mol. The summed E-state index contributed by atoms with van der Waals surface area (Å²) in [5, 5.41) is 2.67. The minimum atomic E-state index is -3.88.